The quantitative estimate of drug-likeness (QED) is 0.867. The summed E-state index contributed by atoms with van der Waals surface area (Å²) >= 11 is 1.32. The van der Waals surface area contributed by atoms with Crippen LogP contribution in [-0.2, 0) is 21.2 Å². The lowest BCUT2D eigenvalue weighted by molar-refractivity contribution is -0.135. The van der Waals surface area contributed by atoms with E-state index in [1.165, 1.54) is 17.8 Å². The molecule has 1 N–H and O–H groups in total. The highest BCUT2D eigenvalue weighted by atomic mass is 32.2. The van der Waals surface area contributed by atoms with Gasteiger partial charge in [-0.25, -0.2) is 13.1 Å². The number of nitrogens with one attached hydrogen (secondary N) is 1. The van der Waals surface area contributed by atoms with Crippen molar-refractivity contribution in [1.82, 2.24) is 9.62 Å². The first kappa shape index (κ1) is 17.9. The lowest BCUT2D eigenvalue weighted by Gasteiger charge is -2.26. The van der Waals surface area contributed by atoms with Gasteiger partial charge in [0.05, 0.1) is 0 Å². The second-order valence-corrected chi connectivity index (χ2v) is 9.91. The lowest BCUT2D eigenvalue weighted by atomic mass is 9.88. The maximum absolute atomic E-state index is 12.6. The van der Waals surface area contributed by atoms with Crippen LogP contribution in [0.5, 0.6) is 0 Å². The molecule has 3 rings (SSSR count). The molecule has 1 saturated heterocycles. The van der Waals surface area contributed by atoms with Gasteiger partial charge in [0.15, 0.2) is 0 Å². The third-order valence-electron chi connectivity index (χ3n) is 5.03. The van der Waals surface area contributed by atoms with Crippen LogP contribution in [0.2, 0.25) is 0 Å². The molecule has 1 aliphatic carbocycles. The molecule has 2 aliphatic rings. The fourth-order valence-corrected chi connectivity index (χ4v) is 6.21. The predicted octanol–water partition coefficient (Wildman–Crippen LogP) is 2.77. The minimum Gasteiger partial charge on any atom is -0.341 e. The third-order valence-corrected chi connectivity index (χ3v) is 8.27. The second-order valence-electron chi connectivity index (χ2n) is 6.80. The van der Waals surface area contributed by atoms with E-state index < -0.39 is 10.0 Å². The Morgan fingerprint density at radius 2 is 2.00 bits per heavy atom. The number of nitrogens with zero attached hydrogens (tertiary/aromatic N) is 1. The third kappa shape index (κ3) is 4.00. The molecule has 1 aromatic heterocycles. The molecule has 1 saturated carbocycles. The number of hydrogen-bond donors (Lipinski definition) is 1. The number of hydrogen-bond acceptors (Lipinski definition) is 4. The van der Waals surface area contributed by atoms with Crippen molar-refractivity contribution in [2.24, 2.45) is 5.92 Å². The van der Waals surface area contributed by atoms with Gasteiger partial charge < -0.3 is 4.90 Å². The molecule has 5 nitrogen and oxygen atoms in total. The molecule has 24 heavy (non-hydrogen) atoms. The van der Waals surface area contributed by atoms with Crippen LogP contribution >= 0.6 is 11.3 Å². The largest absolute Gasteiger partial charge is 0.341 e. The summed E-state index contributed by atoms with van der Waals surface area (Å²) in [5.74, 6) is 0.374. The van der Waals surface area contributed by atoms with E-state index in [9.17, 15) is 13.2 Å². The molecule has 1 aromatic rings. The zero-order valence-electron chi connectivity index (χ0n) is 14.2. The monoisotopic (exact) mass is 370 g/mol. The second kappa shape index (κ2) is 7.54. The number of amides is 1. The predicted molar refractivity (Wildman–Crippen MR) is 95.6 cm³/mol. The van der Waals surface area contributed by atoms with Crippen molar-refractivity contribution in [3.8, 4) is 0 Å². The highest BCUT2D eigenvalue weighted by molar-refractivity contribution is 7.91. The molecule has 134 valence electrons. The molecule has 0 radical (unpaired) electrons. The van der Waals surface area contributed by atoms with Crippen LogP contribution in [0.15, 0.2) is 16.3 Å². The van der Waals surface area contributed by atoms with Gasteiger partial charge in [-0.3, -0.25) is 4.79 Å². The Labute approximate surface area is 148 Å². The maximum atomic E-state index is 12.6. The zero-order valence-corrected chi connectivity index (χ0v) is 15.8. The van der Waals surface area contributed by atoms with Gasteiger partial charge in [-0.2, -0.15) is 0 Å². The van der Waals surface area contributed by atoms with E-state index in [4.69, 9.17) is 0 Å². The van der Waals surface area contributed by atoms with Crippen molar-refractivity contribution in [1.29, 1.82) is 0 Å². The summed E-state index contributed by atoms with van der Waals surface area (Å²) in [6.45, 7) is 3.18. The van der Waals surface area contributed by atoms with Crippen LogP contribution in [0.4, 0.5) is 0 Å². The van der Waals surface area contributed by atoms with Crippen LogP contribution in [-0.4, -0.2) is 38.4 Å². The number of likely N-dealkylation sites (tertiary alicyclic amines) is 1. The average Bonchev–Trinajstić information content (AvgIpc) is 3.24. The van der Waals surface area contributed by atoms with Gasteiger partial charge in [-0.1, -0.05) is 26.2 Å². The van der Waals surface area contributed by atoms with E-state index in [2.05, 4.69) is 4.72 Å². The van der Waals surface area contributed by atoms with Crippen molar-refractivity contribution in [3.63, 3.8) is 0 Å². The number of thiophene rings is 1. The van der Waals surface area contributed by atoms with E-state index in [0.29, 0.717) is 23.7 Å². The van der Waals surface area contributed by atoms with Crippen LogP contribution < -0.4 is 4.72 Å². The molecule has 0 bridgehead atoms. The fraction of sp³-hybridized carbons (Fsp3) is 0.706. The summed E-state index contributed by atoms with van der Waals surface area (Å²) in [6.07, 6.45) is 7.02. The standard InChI is InChI=1S/C17H26N2O3S2/c1-2-15-8-9-16(23-15)24(21,22)18-14-10-11-19(12-14)17(20)13-6-4-3-5-7-13/h8-9,13-14,18H,2-7,10-12H2,1H3. The van der Waals surface area contributed by atoms with Gasteiger partial charge >= 0.3 is 0 Å². The van der Waals surface area contributed by atoms with E-state index in [-0.39, 0.29) is 17.9 Å². The number of rotatable bonds is 5. The highest BCUT2D eigenvalue weighted by Crippen LogP contribution is 2.27. The van der Waals surface area contributed by atoms with Gasteiger partial charge in [-0.05, 0) is 37.8 Å². The molecule has 1 aliphatic heterocycles. The smallest absolute Gasteiger partial charge is 0.250 e. The Kier molecular flexibility index (Phi) is 5.62. The van der Waals surface area contributed by atoms with Gasteiger partial charge in [0.25, 0.3) is 0 Å². The van der Waals surface area contributed by atoms with Crippen molar-refractivity contribution >= 4 is 27.3 Å². The Morgan fingerprint density at radius 1 is 1.25 bits per heavy atom. The van der Waals surface area contributed by atoms with Gasteiger partial charge in [0.2, 0.25) is 15.9 Å². The Balaban J connectivity index is 1.58. The normalized spacial score (nSPS) is 22.9. The highest BCUT2D eigenvalue weighted by Gasteiger charge is 2.33. The molecule has 0 aromatic carbocycles. The molecular formula is C17H26N2O3S2. The summed E-state index contributed by atoms with van der Waals surface area (Å²) in [5.41, 5.74) is 0. The molecule has 7 heteroatoms. The number of carbonyl (C=O) groups excluding carboxylic acids is 1. The molecule has 2 heterocycles. The minimum absolute atomic E-state index is 0.151. The van der Waals surface area contributed by atoms with Crippen molar-refractivity contribution in [2.45, 2.75) is 62.1 Å². The summed E-state index contributed by atoms with van der Waals surface area (Å²) < 4.78 is 28.1. The summed E-state index contributed by atoms with van der Waals surface area (Å²) in [4.78, 5) is 15.5. The Morgan fingerprint density at radius 3 is 2.67 bits per heavy atom. The van der Waals surface area contributed by atoms with Crippen LogP contribution in [0.3, 0.4) is 0 Å². The molecular weight excluding hydrogens is 344 g/mol. The van der Waals surface area contributed by atoms with Gasteiger partial charge in [0.1, 0.15) is 4.21 Å². The Bertz CT molecular complexity index is 678. The number of aryl methyl sites for hydroxylation is 1. The van der Waals surface area contributed by atoms with Crippen molar-refractivity contribution in [3.05, 3.63) is 17.0 Å². The number of sulfonamides is 1. The van der Waals surface area contributed by atoms with Crippen molar-refractivity contribution in [2.75, 3.05) is 13.1 Å². The summed E-state index contributed by atoms with van der Waals surface area (Å²) in [6, 6.07) is 3.37. The van der Waals surface area contributed by atoms with Gasteiger partial charge in [0, 0.05) is 29.9 Å². The van der Waals surface area contributed by atoms with Gasteiger partial charge in [-0.15, -0.1) is 11.3 Å². The maximum Gasteiger partial charge on any atom is 0.250 e. The first-order valence-corrected chi connectivity index (χ1v) is 11.2. The fourth-order valence-electron chi connectivity index (χ4n) is 3.63. The van der Waals surface area contributed by atoms with E-state index in [0.717, 1.165) is 37.0 Å². The number of carbonyl (C=O) groups is 1. The molecule has 1 amide bonds. The van der Waals surface area contributed by atoms with E-state index >= 15 is 0 Å². The van der Waals surface area contributed by atoms with E-state index in [1.807, 2.05) is 17.9 Å². The molecule has 1 atom stereocenters. The topological polar surface area (TPSA) is 66.5 Å². The first-order chi connectivity index (χ1) is 11.5. The van der Waals surface area contributed by atoms with Crippen LogP contribution in [0.1, 0.15) is 50.3 Å². The molecule has 0 spiro atoms. The zero-order chi connectivity index (χ0) is 17.2. The summed E-state index contributed by atoms with van der Waals surface area (Å²) in [7, 11) is -3.48. The first-order valence-electron chi connectivity index (χ1n) is 8.89. The SMILES string of the molecule is CCc1ccc(S(=O)(=O)NC2CCN(C(=O)C3CCCCC3)C2)s1. The summed E-state index contributed by atoms with van der Waals surface area (Å²) in [5, 5.41) is 0. The Hall–Kier alpha value is -0.920. The average molecular weight is 371 g/mol. The van der Waals surface area contributed by atoms with Crippen molar-refractivity contribution < 1.29 is 13.2 Å². The van der Waals surface area contributed by atoms with Crippen LogP contribution in [0.25, 0.3) is 0 Å². The molecule has 2 fully saturated rings. The molecule has 1 unspecified atom stereocenters. The lowest BCUT2D eigenvalue weighted by Crippen LogP contribution is -2.40. The minimum atomic E-state index is -3.48. The van der Waals surface area contributed by atoms with E-state index in [1.54, 1.807) is 6.07 Å². The van der Waals surface area contributed by atoms with Crippen LogP contribution in [0, 0.1) is 5.92 Å².